The number of nitrogen functional groups attached to an aromatic ring is 1. The van der Waals surface area contributed by atoms with Crippen LogP contribution in [-0.4, -0.2) is 14.9 Å². The molecule has 0 bridgehead atoms. The smallest absolute Gasteiger partial charge is 0.222 e. The largest absolute Gasteiger partial charge is 0.368 e. The zero-order chi connectivity index (χ0) is 9.26. The lowest BCUT2D eigenvalue weighted by Crippen LogP contribution is -1.81. The summed E-state index contributed by atoms with van der Waals surface area (Å²) >= 11 is 0. The third-order valence-electron chi connectivity index (χ3n) is 1.61. The van der Waals surface area contributed by atoms with Gasteiger partial charge in [0.2, 0.25) is 5.88 Å². The normalized spacial score (nSPS) is 10.2. The maximum atomic E-state index is 5.38. The molecule has 13 heavy (non-hydrogen) atoms. The predicted molar refractivity (Wildman–Crippen MR) is 48.5 cm³/mol. The van der Waals surface area contributed by atoms with Crippen molar-refractivity contribution in [3.63, 3.8) is 0 Å². The average Bonchev–Trinajstić information content (AvgIpc) is 2.71. The molecule has 0 saturated carbocycles. The van der Waals surface area contributed by atoms with Crippen molar-refractivity contribution in [3.8, 4) is 11.3 Å². The van der Waals surface area contributed by atoms with Crippen molar-refractivity contribution in [3.05, 3.63) is 25.0 Å². The summed E-state index contributed by atoms with van der Waals surface area (Å²) in [5, 5.41) is 7.74. The molecule has 0 unspecified atom stereocenters. The van der Waals surface area contributed by atoms with Crippen molar-refractivity contribution in [2.45, 2.75) is 0 Å². The van der Waals surface area contributed by atoms with E-state index in [1.54, 1.807) is 29.3 Å². The van der Waals surface area contributed by atoms with E-state index in [0.717, 1.165) is 5.56 Å². The van der Waals surface area contributed by atoms with Gasteiger partial charge in [-0.1, -0.05) is 11.7 Å². The van der Waals surface area contributed by atoms with Gasteiger partial charge in [-0.15, -0.1) is 0 Å². The SMILES string of the molecule is C=Cn1cc(-c2cc(N)on2)cn1. The predicted octanol–water partition coefficient (Wildman–Crippen LogP) is 1.22. The third-order valence-corrected chi connectivity index (χ3v) is 1.61. The standard InChI is InChI=1S/C8H8N4O/c1-2-12-5-6(4-10-12)7-3-8(9)13-11-7/h2-5H,1,9H2. The molecule has 5 heteroatoms. The first-order chi connectivity index (χ1) is 6.29. The second-order valence-electron chi connectivity index (χ2n) is 2.51. The maximum absolute atomic E-state index is 5.38. The highest BCUT2D eigenvalue weighted by Crippen LogP contribution is 2.18. The van der Waals surface area contributed by atoms with Crippen molar-refractivity contribution in [1.29, 1.82) is 0 Å². The van der Waals surface area contributed by atoms with Gasteiger partial charge >= 0.3 is 0 Å². The first-order valence-corrected chi connectivity index (χ1v) is 3.69. The van der Waals surface area contributed by atoms with Crippen LogP contribution in [0, 0.1) is 0 Å². The summed E-state index contributed by atoms with van der Waals surface area (Å²) in [7, 11) is 0. The number of hydrogen-bond donors (Lipinski definition) is 1. The Hall–Kier alpha value is -2.04. The lowest BCUT2D eigenvalue weighted by atomic mass is 10.3. The van der Waals surface area contributed by atoms with Gasteiger partial charge in [-0.05, 0) is 0 Å². The van der Waals surface area contributed by atoms with Crippen LogP contribution >= 0.6 is 0 Å². The van der Waals surface area contributed by atoms with Crippen LogP contribution in [0.3, 0.4) is 0 Å². The number of rotatable bonds is 2. The molecule has 66 valence electrons. The summed E-state index contributed by atoms with van der Waals surface area (Å²) in [4.78, 5) is 0. The Labute approximate surface area is 74.4 Å². The highest BCUT2D eigenvalue weighted by molar-refractivity contribution is 5.59. The molecule has 2 rings (SSSR count). The zero-order valence-electron chi connectivity index (χ0n) is 6.84. The summed E-state index contributed by atoms with van der Waals surface area (Å²) in [5.74, 6) is 0.293. The highest BCUT2D eigenvalue weighted by Gasteiger charge is 2.05. The fourth-order valence-electron chi connectivity index (χ4n) is 0.996. The molecule has 0 saturated heterocycles. The van der Waals surface area contributed by atoms with Gasteiger partial charge in [0.1, 0.15) is 5.69 Å². The topological polar surface area (TPSA) is 69.9 Å². The molecule has 2 aromatic heterocycles. The van der Waals surface area contributed by atoms with E-state index in [1.807, 2.05) is 0 Å². The fraction of sp³-hybridized carbons (Fsp3) is 0. The molecule has 0 aliphatic rings. The van der Waals surface area contributed by atoms with Gasteiger partial charge in [0.25, 0.3) is 0 Å². The van der Waals surface area contributed by atoms with E-state index in [9.17, 15) is 0 Å². The summed E-state index contributed by atoms with van der Waals surface area (Å²) in [6, 6.07) is 1.64. The molecule has 0 aromatic carbocycles. The lowest BCUT2D eigenvalue weighted by Gasteiger charge is -1.84. The van der Waals surface area contributed by atoms with E-state index in [2.05, 4.69) is 16.8 Å². The highest BCUT2D eigenvalue weighted by atomic mass is 16.5. The average molecular weight is 176 g/mol. The van der Waals surface area contributed by atoms with Gasteiger partial charge in [0, 0.05) is 24.0 Å². The minimum atomic E-state index is 0.293. The Morgan fingerprint density at radius 1 is 1.62 bits per heavy atom. The summed E-state index contributed by atoms with van der Waals surface area (Å²) in [5.41, 5.74) is 6.90. The molecule has 0 amide bonds. The zero-order valence-corrected chi connectivity index (χ0v) is 6.84. The maximum Gasteiger partial charge on any atom is 0.222 e. The van der Waals surface area contributed by atoms with Crippen LogP contribution in [0.25, 0.3) is 17.5 Å². The van der Waals surface area contributed by atoms with Crippen molar-refractivity contribution in [2.24, 2.45) is 0 Å². The van der Waals surface area contributed by atoms with Crippen molar-refractivity contribution >= 4 is 12.1 Å². The molecular formula is C8H8N4O. The molecule has 0 atom stereocenters. The van der Waals surface area contributed by atoms with Crippen LogP contribution in [0.2, 0.25) is 0 Å². The van der Waals surface area contributed by atoms with E-state index in [0.29, 0.717) is 11.6 Å². The van der Waals surface area contributed by atoms with E-state index < -0.39 is 0 Å². The van der Waals surface area contributed by atoms with Crippen molar-refractivity contribution in [2.75, 3.05) is 5.73 Å². The third kappa shape index (κ3) is 1.31. The number of hydrogen-bond acceptors (Lipinski definition) is 4. The van der Waals surface area contributed by atoms with Gasteiger partial charge in [0.15, 0.2) is 0 Å². The van der Waals surface area contributed by atoms with E-state index in [4.69, 9.17) is 10.3 Å². The van der Waals surface area contributed by atoms with E-state index >= 15 is 0 Å². The van der Waals surface area contributed by atoms with Crippen LogP contribution in [0.1, 0.15) is 0 Å². The fourth-order valence-corrected chi connectivity index (χ4v) is 0.996. The number of aromatic nitrogens is 3. The lowest BCUT2D eigenvalue weighted by molar-refractivity contribution is 0.439. The number of anilines is 1. The summed E-state index contributed by atoms with van der Waals surface area (Å²) in [6.07, 6.45) is 5.04. The van der Waals surface area contributed by atoms with Gasteiger partial charge in [-0.2, -0.15) is 5.10 Å². The molecule has 2 heterocycles. The Balaban J connectivity index is 2.40. The summed E-state index contributed by atoms with van der Waals surface area (Å²) < 4.78 is 6.31. The van der Waals surface area contributed by atoms with Crippen LogP contribution in [0.15, 0.2) is 29.6 Å². The first-order valence-electron chi connectivity index (χ1n) is 3.69. The van der Waals surface area contributed by atoms with Gasteiger partial charge in [-0.25, -0.2) is 4.68 Å². The van der Waals surface area contributed by atoms with Gasteiger partial charge in [-0.3, -0.25) is 0 Å². The number of nitrogens with two attached hydrogens (primary N) is 1. The Kier molecular flexibility index (Phi) is 1.63. The molecule has 0 aliphatic carbocycles. The Bertz CT molecular complexity index is 429. The second-order valence-corrected chi connectivity index (χ2v) is 2.51. The van der Waals surface area contributed by atoms with Crippen LogP contribution < -0.4 is 5.73 Å². The van der Waals surface area contributed by atoms with Crippen molar-refractivity contribution < 1.29 is 4.52 Å². The second kappa shape index (κ2) is 2.78. The van der Waals surface area contributed by atoms with Gasteiger partial charge < -0.3 is 10.3 Å². The minimum absolute atomic E-state index is 0.293. The van der Waals surface area contributed by atoms with Gasteiger partial charge in [0.05, 0.1) is 6.20 Å². The quantitative estimate of drug-likeness (QED) is 0.746. The van der Waals surface area contributed by atoms with E-state index in [-0.39, 0.29) is 0 Å². The van der Waals surface area contributed by atoms with Crippen LogP contribution in [-0.2, 0) is 0 Å². The molecule has 0 aliphatic heterocycles. The molecule has 0 radical (unpaired) electrons. The Morgan fingerprint density at radius 2 is 2.46 bits per heavy atom. The summed E-state index contributed by atoms with van der Waals surface area (Å²) in [6.45, 7) is 3.58. The molecule has 2 N–H and O–H groups in total. The first kappa shape index (κ1) is 7.60. The van der Waals surface area contributed by atoms with Crippen molar-refractivity contribution in [1.82, 2.24) is 14.9 Å². The molecule has 2 aromatic rings. The van der Waals surface area contributed by atoms with E-state index in [1.165, 1.54) is 0 Å². The molecule has 5 nitrogen and oxygen atoms in total. The Morgan fingerprint density at radius 3 is 3.00 bits per heavy atom. The molecule has 0 spiro atoms. The van der Waals surface area contributed by atoms with Crippen LogP contribution in [0.4, 0.5) is 5.88 Å². The monoisotopic (exact) mass is 176 g/mol. The van der Waals surface area contributed by atoms with Crippen LogP contribution in [0.5, 0.6) is 0 Å². The molecule has 0 fully saturated rings. The minimum Gasteiger partial charge on any atom is -0.368 e. The molecular weight excluding hydrogens is 168 g/mol. The number of nitrogens with zero attached hydrogens (tertiary/aromatic N) is 3.